The molecule has 2 rings (SSSR count). The molecule has 1 saturated carbocycles. The molecule has 106 valence electrons. The van der Waals surface area contributed by atoms with Crippen LogP contribution in [-0.4, -0.2) is 35.5 Å². The van der Waals surface area contributed by atoms with Crippen molar-refractivity contribution in [2.24, 2.45) is 11.8 Å². The average Bonchev–Trinajstić information content (AvgIpc) is 2.83. The zero-order valence-corrected chi connectivity index (χ0v) is 10.9. The van der Waals surface area contributed by atoms with Crippen LogP contribution in [0, 0.1) is 11.8 Å². The lowest BCUT2D eigenvalue weighted by molar-refractivity contribution is -0.143. The van der Waals surface area contributed by atoms with Crippen molar-refractivity contribution in [1.29, 1.82) is 0 Å². The van der Waals surface area contributed by atoms with Gasteiger partial charge in [-0.05, 0) is 38.0 Å². The van der Waals surface area contributed by atoms with Crippen molar-refractivity contribution in [2.45, 2.75) is 44.6 Å². The Bertz CT molecular complexity index is 375. The van der Waals surface area contributed by atoms with Gasteiger partial charge in [0.25, 0.3) is 0 Å². The van der Waals surface area contributed by atoms with E-state index in [9.17, 15) is 14.4 Å². The third-order valence-corrected chi connectivity index (χ3v) is 4.07. The summed E-state index contributed by atoms with van der Waals surface area (Å²) in [4.78, 5) is 33.6. The maximum absolute atomic E-state index is 11.8. The summed E-state index contributed by atoms with van der Waals surface area (Å²) in [6.07, 6.45) is 4.05. The van der Waals surface area contributed by atoms with E-state index in [0.29, 0.717) is 38.1 Å². The first-order valence-electron chi connectivity index (χ1n) is 6.86. The highest BCUT2D eigenvalue weighted by Crippen LogP contribution is 2.28. The van der Waals surface area contributed by atoms with E-state index in [1.54, 1.807) is 0 Å². The quantitative estimate of drug-likeness (QED) is 0.682. The summed E-state index contributed by atoms with van der Waals surface area (Å²) in [5, 5.41) is 14.4. The molecule has 1 atom stereocenters. The van der Waals surface area contributed by atoms with Gasteiger partial charge in [0.05, 0.1) is 5.92 Å². The summed E-state index contributed by atoms with van der Waals surface area (Å²) >= 11 is 0. The van der Waals surface area contributed by atoms with Crippen LogP contribution in [0.25, 0.3) is 0 Å². The number of carboxylic acids is 1. The Hall–Kier alpha value is -1.59. The number of carbonyl (C=O) groups excluding carboxylic acids is 2. The Morgan fingerprint density at radius 3 is 2.42 bits per heavy atom. The van der Waals surface area contributed by atoms with Crippen molar-refractivity contribution in [1.82, 2.24) is 10.6 Å². The molecule has 1 aliphatic heterocycles. The van der Waals surface area contributed by atoms with E-state index in [4.69, 9.17) is 5.11 Å². The van der Waals surface area contributed by atoms with Crippen molar-refractivity contribution in [3.8, 4) is 0 Å². The molecule has 19 heavy (non-hydrogen) atoms. The maximum atomic E-state index is 11.8. The van der Waals surface area contributed by atoms with Crippen molar-refractivity contribution < 1.29 is 19.5 Å². The minimum absolute atomic E-state index is 0.0675. The molecule has 1 unspecified atom stereocenters. The molecule has 0 aromatic rings. The lowest BCUT2D eigenvalue weighted by Crippen LogP contribution is -2.43. The average molecular weight is 268 g/mol. The molecule has 0 bridgehead atoms. The van der Waals surface area contributed by atoms with Gasteiger partial charge in [-0.3, -0.25) is 14.4 Å². The maximum Gasteiger partial charge on any atom is 0.306 e. The molecular formula is C13H20N2O4. The molecule has 0 aromatic carbocycles. The molecule has 1 heterocycles. The monoisotopic (exact) mass is 268 g/mol. The van der Waals surface area contributed by atoms with Crippen molar-refractivity contribution >= 4 is 17.8 Å². The van der Waals surface area contributed by atoms with Crippen LogP contribution in [0.5, 0.6) is 0 Å². The Kier molecular flexibility index (Phi) is 4.39. The Morgan fingerprint density at radius 2 is 1.89 bits per heavy atom. The summed E-state index contributed by atoms with van der Waals surface area (Å²) in [6, 6.07) is -0.386. The second kappa shape index (κ2) is 6.04. The first-order chi connectivity index (χ1) is 9.06. The number of carbonyl (C=O) groups is 3. The standard InChI is InChI=1S/C13H20N2O4/c16-11-6-5-10(15-11)12(17)14-7-8-1-3-9(4-2-8)13(18)19/h8-10H,1-7H2,(H,14,17)(H,15,16)(H,18,19). The molecule has 0 radical (unpaired) electrons. The van der Waals surface area contributed by atoms with Crippen LogP contribution >= 0.6 is 0 Å². The van der Waals surface area contributed by atoms with Gasteiger partial charge in [-0.1, -0.05) is 0 Å². The van der Waals surface area contributed by atoms with Crippen LogP contribution in [0.1, 0.15) is 38.5 Å². The van der Waals surface area contributed by atoms with Gasteiger partial charge >= 0.3 is 5.97 Å². The zero-order valence-electron chi connectivity index (χ0n) is 10.9. The molecule has 6 heteroatoms. The summed E-state index contributed by atoms with van der Waals surface area (Å²) < 4.78 is 0. The molecule has 1 aliphatic carbocycles. The third kappa shape index (κ3) is 3.68. The van der Waals surface area contributed by atoms with Crippen LogP contribution in [0.4, 0.5) is 0 Å². The highest BCUT2D eigenvalue weighted by molar-refractivity contribution is 5.90. The molecule has 2 amide bonds. The minimum Gasteiger partial charge on any atom is -0.481 e. The number of nitrogens with one attached hydrogen (secondary N) is 2. The van der Waals surface area contributed by atoms with E-state index >= 15 is 0 Å². The molecule has 2 fully saturated rings. The molecule has 2 aliphatic rings. The smallest absolute Gasteiger partial charge is 0.306 e. The number of hydrogen-bond acceptors (Lipinski definition) is 3. The summed E-state index contributed by atoms with van der Waals surface area (Å²) in [5.74, 6) is -0.762. The highest BCUT2D eigenvalue weighted by atomic mass is 16.4. The highest BCUT2D eigenvalue weighted by Gasteiger charge is 2.29. The topological polar surface area (TPSA) is 95.5 Å². The fourth-order valence-corrected chi connectivity index (χ4v) is 2.79. The minimum atomic E-state index is -0.712. The van der Waals surface area contributed by atoms with Gasteiger partial charge in [-0.15, -0.1) is 0 Å². The zero-order chi connectivity index (χ0) is 13.8. The molecule has 3 N–H and O–H groups in total. The van der Waals surface area contributed by atoms with Crippen molar-refractivity contribution in [2.75, 3.05) is 6.54 Å². The second-order valence-corrected chi connectivity index (χ2v) is 5.46. The van der Waals surface area contributed by atoms with Crippen LogP contribution in [0.3, 0.4) is 0 Å². The van der Waals surface area contributed by atoms with Gasteiger partial charge in [-0.2, -0.15) is 0 Å². The number of rotatable bonds is 4. The van der Waals surface area contributed by atoms with Crippen LogP contribution in [0.15, 0.2) is 0 Å². The molecule has 0 aromatic heterocycles. The summed E-state index contributed by atoms with van der Waals surface area (Å²) in [5.41, 5.74) is 0. The first-order valence-corrected chi connectivity index (χ1v) is 6.86. The van der Waals surface area contributed by atoms with E-state index in [1.807, 2.05) is 0 Å². The lowest BCUT2D eigenvalue weighted by Gasteiger charge is -2.26. The Balaban J connectivity index is 1.68. The van der Waals surface area contributed by atoms with E-state index in [1.165, 1.54) is 0 Å². The predicted octanol–water partition coefficient (Wildman–Crippen LogP) is 0.272. The summed E-state index contributed by atoms with van der Waals surface area (Å²) in [7, 11) is 0. The number of carboxylic acid groups (broad SMARTS) is 1. The van der Waals surface area contributed by atoms with E-state index in [0.717, 1.165) is 12.8 Å². The fraction of sp³-hybridized carbons (Fsp3) is 0.769. The van der Waals surface area contributed by atoms with Crippen LogP contribution in [-0.2, 0) is 14.4 Å². The number of aliphatic carboxylic acids is 1. The SMILES string of the molecule is O=C1CCC(C(=O)NCC2CCC(C(=O)O)CC2)N1. The largest absolute Gasteiger partial charge is 0.481 e. The lowest BCUT2D eigenvalue weighted by atomic mass is 9.82. The number of hydrogen-bond donors (Lipinski definition) is 3. The van der Waals surface area contributed by atoms with Crippen molar-refractivity contribution in [3.05, 3.63) is 0 Å². The third-order valence-electron chi connectivity index (χ3n) is 4.07. The summed E-state index contributed by atoms with van der Waals surface area (Å²) in [6.45, 7) is 0.581. The van der Waals surface area contributed by atoms with Crippen LogP contribution < -0.4 is 10.6 Å². The van der Waals surface area contributed by atoms with Gasteiger partial charge in [0, 0.05) is 13.0 Å². The molecular weight excluding hydrogens is 248 g/mol. The normalized spacial score (nSPS) is 30.7. The predicted molar refractivity (Wildman–Crippen MR) is 67.3 cm³/mol. The van der Waals surface area contributed by atoms with Crippen molar-refractivity contribution in [3.63, 3.8) is 0 Å². The van der Waals surface area contributed by atoms with Crippen LogP contribution in [0.2, 0.25) is 0 Å². The molecule has 6 nitrogen and oxygen atoms in total. The Labute approximate surface area is 111 Å². The van der Waals surface area contributed by atoms with Gasteiger partial charge in [-0.25, -0.2) is 0 Å². The fourth-order valence-electron chi connectivity index (χ4n) is 2.79. The Morgan fingerprint density at radius 1 is 1.21 bits per heavy atom. The van der Waals surface area contributed by atoms with Gasteiger partial charge in [0.2, 0.25) is 11.8 Å². The number of amides is 2. The van der Waals surface area contributed by atoms with Gasteiger partial charge in [0.15, 0.2) is 0 Å². The van der Waals surface area contributed by atoms with E-state index < -0.39 is 5.97 Å². The second-order valence-electron chi connectivity index (χ2n) is 5.46. The van der Waals surface area contributed by atoms with Gasteiger partial charge in [0.1, 0.15) is 6.04 Å². The molecule has 1 saturated heterocycles. The molecule has 0 spiro atoms. The van der Waals surface area contributed by atoms with E-state index in [-0.39, 0.29) is 23.8 Å². The van der Waals surface area contributed by atoms with Gasteiger partial charge < -0.3 is 15.7 Å². The first kappa shape index (κ1) is 13.8. The van der Waals surface area contributed by atoms with E-state index in [2.05, 4.69) is 10.6 Å².